The Labute approximate surface area is 149 Å². The van der Waals surface area contributed by atoms with Crippen molar-refractivity contribution in [2.45, 2.75) is 45.3 Å². The quantitative estimate of drug-likeness (QED) is 0.909. The number of carbonyl (C=O) groups excluding carboxylic acids is 1. The number of nitrogens with one attached hydrogen (secondary N) is 1. The Hall–Kier alpha value is -2.13. The van der Waals surface area contributed by atoms with Crippen LogP contribution in [0.2, 0.25) is 0 Å². The molecule has 2 atom stereocenters. The Balaban J connectivity index is 1.51. The first-order valence-corrected chi connectivity index (χ1v) is 9.11. The minimum atomic E-state index is -0.260. The van der Waals surface area contributed by atoms with Crippen molar-refractivity contribution in [3.05, 3.63) is 23.9 Å². The third-order valence-electron chi connectivity index (χ3n) is 5.29. The number of amides is 1. The van der Waals surface area contributed by atoms with Crippen molar-refractivity contribution < 1.29 is 9.53 Å². The molecule has 0 spiro atoms. The normalized spacial score (nSPS) is 24.3. The van der Waals surface area contributed by atoms with E-state index in [-0.39, 0.29) is 12.0 Å². The largest absolute Gasteiger partial charge is 0.368 e. The van der Waals surface area contributed by atoms with Crippen molar-refractivity contribution in [1.82, 2.24) is 9.88 Å². The Morgan fingerprint density at radius 1 is 1.36 bits per heavy atom. The van der Waals surface area contributed by atoms with Crippen LogP contribution in [0.1, 0.15) is 38.7 Å². The molecule has 2 aliphatic heterocycles. The fourth-order valence-corrected chi connectivity index (χ4v) is 3.72. The summed E-state index contributed by atoms with van der Waals surface area (Å²) in [6.45, 7) is 6.53. The van der Waals surface area contributed by atoms with Crippen LogP contribution in [0, 0.1) is 23.2 Å². The van der Waals surface area contributed by atoms with E-state index in [0.29, 0.717) is 30.0 Å². The summed E-state index contributed by atoms with van der Waals surface area (Å²) >= 11 is 0. The standard InChI is InChI=1S/C19H26N4O2/c1-13(2)16-7-10-25-18(16)19(24)23-8-5-15(6-9-23)22-17-4-3-14(11-20)12-21-17/h3-4,12-13,15-16,18H,5-10H2,1-2H3,(H,21,22)/t16-,18-/m1/s1. The molecule has 6 heteroatoms. The van der Waals surface area contributed by atoms with Gasteiger partial charge in [-0.25, -0.2) is 4.98 Å². The smallest absolute Gasteiger partial charge is 0.252 e. The summed E-state index contributed by atoms with van der Waals surface area (Å²) in [5.74, 6) is 1.75. The van der Waals surface area contributed by atoms with E-state index < -0.39 is 0 Å². The van der Waals surface area contributed by atoms with Gasteiger partial charge in [0.1, 0.15) is 18.0 Å². The van der Waals surface area contributed by atoms with Crippen LogP contribution in [-0.2, 0) is 9.53 Å². The van der Waals surface area contributed by atoms with Crippen molar-refractivity contribution in [2.75, 3.05) is 25.0 Å². The van der Waals surface area contributed by atoms with E-state index in [1.807, 2.05) is 11.0 Å². The van der Waals surface area contributed by atoms with Crippen molar-refractivity contribution >= 4 is 11.7 Å². The van der Waals surface area contributed by atoms with Crippen LogP contribution < -0.4 is 5.32 Å². The molecule has 1 aromatic heterocycles. The predicted octanol–water partition coefficient (Wildman–Crippen LogP) is 2.42. The number of pyridine rings is 1. The summed E-state index contributed by atoms with van der Waals surface area (Å²) in [6, 6.07) is 5.96. The molecule has 0 aliphatic carbocycles. The van der Waals surface area contributed by atoms with E-state index in [2.05, 4.69) is 30.2 Å². The fourth-order valence-electron chi connectivity index (χ4n) is 3.72. The molecule has 0 unspecified atom stereocenters. The van der Waals surface area contributed by atoms with Gasteiger partial charge in [-0.15, -0.1) is 0 Å². The molecule has 1 aromatic rings. The molecule has 0 aromatic carbocycles. The molecule has 134 valence electrons. The Morgan fingerprint density at radius 3 is 2.72 bits per heavy atom. The highest BCUT2D eigenvalue weighted by atomic mass is 16.5. The van der Waals surface area contributed by atoms with Gasteiger partial charge in [0.05, 0.1) is 5.56 Å². The molecule has 0 radical (unpaired) electrons. The second-order valence-corrected chi connectivity index (χ2v) is 7.28. The van der Waals surface area contributed by atoms with Crippen LogP contribution in [0.15, 0.2) is 18.3 Å². The number of anilines is 1. The molecule has 3 rings (SSSR count). The van der Waals surface area contributed by atoms with E-state index in [4.69, 9.17) is 10.00 Å². The van der Waals surface area contributed by atoms with Crippen LogP contribution in [-0.4, -0.2) is 47.6 Å². The van der Waals surface area contributed by atoms with Gasteiger partial charge in [0, 0.05) is 31.9 Å². The molecule has 0 saturated carbocycles. The van der Waals surface area contributed by atoms with Crippen molar-refractivity contribution in [1.29, 1.82) is 5.26 Å². The molecule has 0 bridgehead atoms. The lowest BCUT2D eigenvalue weighted by molar-refractivity contribution is -0.144. The molecule has 25 heavy (non-hydrogen) atoms. The number of hydrogen-bond donors (Lipinski definition) is 1. The van der Waals surface area contributed by atoms with Gasteiger partial charge >= 0.3 is 0 Å². The van der Waals surface area contributed by atoms with Crippen LogP contribution in [0.4, 0.5) is 5.82 Å². The molecule has 1 N–H and O–H groups in total. The number of hydrogen-bond acceptors (Lipinski definition) is 5. The maximum Gasteiger partial charge on any atom is 0.252 e. The fraction of sp³-hybridized carbons (Fsp3) is 0.632. The minimum Gasteiger partial charge on any atom is -0.368 e. The second-order valence-electron chi connectivity index (χ2n) is 7.28. The monoisotopic (exact) mass is 342 g/mol. The lowest BCUT2D eigenvalue weighted by Crippen LogP contribution is -2.48. The Morgan fingerprint density at radius 2 is 2.12 bits per heavy atom. The molecule has 2 aliphatic rings. The molecular formula is C19H26N4O2. The van der Waals surface area contributed by atoms with E-state index in [0.717, 1.165) is 38.2 Å². The van der Waals surface area contributed by atoms with Gasteiger partial charge in [-0.3, -0.25) is 4.79 Å². The summed E-state index contributed by atoms with van der Waals surface area (Å²) in [4.78, 5) is 19.0. The maximum absolute atomic E-state index is 12.8. The summed E-state index contributed by atoms with van der Waals surface area (Å²) in [5, 5.41) is 12.2. The Bertz CT molecular complexity index is 630. The number of piperidine rings is 1. The molecule has 1 amide bonds. The second kappa shape index (κ2) is 7.83. The van der Waals surface area contributed by atoms with Gasteiger partial charge in [-0.05, 0) is 43.2 Å². The van der Waals surface area contributed by atoms with E-state index in [1.165, 1.54) is 0 Å². The number of ether oxygens (including phenoxy) is 1. The summed E-state index contributed by atoms with van der Waals surface area (Å²) in [5.41, 5.74) is 0.558. The van der Waals surface area contributed by atoms with Crippen LogP contribution >= 0.6 is 0 Å². The third kappa shape index (κ3) is 4.10. The number of carbonyl (C=O) groups is 1. The molecule has 3 heterocycles. The Kier molecular flexibility index (Phi) is 5.54. The zero-order valence-corrected chi connectivity index (χ0v) is 14.9. The first kappa shape index (κ1) is 17.7. The topological polar surface area (TPSA) is 78.2 Å². The summed E-state index contributed by atoms with van der Waals surface area (Å²) < 4.78 is 5.74. The average Bonchev–Trinajstić information content (AvgIpc) is 3.12. The van der Waals surface area contributed by atoms with Crippen LogP contribution in [0.3, 0.4) is 0 Å². The number of rotatable bonds is 4. The van der Waals surface area contributed by atoms with E-state index in [1.54, 1.807) is 12.3 Å². The van der Waals surface area contributed by atoms with Gasteiger partial charge in [-0.1, -0.05) is 13.8 Å². The zero-order chi connectivity index (χ0) is 17.8. The lowest BCUT2D eigenvalue weighted by Gasteiger charge is -2.35. The first-order valence-electron chi connectivity index (χ1n) is 9.11. The predicted molar refractivity (Wildman–Crippen MR) is 94.9 cm³/mol. The zero-order valence-electron chi connectivity index (χ0n) is 14.9. The van der Waals surface area contributed by atoms with Gasteiger partial charge in [0.15, 0.2) is 0 Å². The third-order valence-corrected chi connectivity index (χ3v) is 5.29. The van der Waals surface area contributed by atoms with Gasteiger partial charge < -0.3 is 15.0 Å². The summed E-state index contributed by atoms with van der Waals surface area (Å²) in [6.07, 6.45) is 4.09. The molecular weight excluding hydrogens is 316 g/mol. The number of aromatic nitrogens is 1. The molecule has 2 saturated heterocycles. The summed E-state index contributed by atoms with van der Waals surface area (Å²) in [7, 11) is 0. The average molecular weight is 342 g/mol. The highest BCUT2D eigenvalue weighted by Gasteiger charge is 2.39. The maximum atomic E-state index is 12.8. The highest BCUT2D eigenvalue weighted by Crippen LogP contribution is 2.30. The molecule has 6 nitrogen and oxygen atoms in total. The number of nitriles is 1. The highest BCUT2D eigenvalue weighted by molar-refractivity contribution is 5.81. The SMILES string of the molecule is CC(C)[C@H]1CCO[C@H]1C(=O)N1CCC(Nc2ccc(C#N)cn2)CC1. The lowest BCUT2D eigenvalue weighted by atomic mass is 9.88. The first-order chi connectivity index (χ1) is 12.1. The number of likely N-dealkylation sites (tertiary alicyclic amines) is 1. The van der Waals surface area contributed by atoms with Crippen molar-refractivity contribution in [2.24, 2.45) is 11.8 Å². The van der Waals surface area contributed by atoms with E-state index >= 15 is 0 Å². The van der Waals surface area contributed by atoms with Crippen LogP contribution in [0.25, 0.3) is 0 Å². The molecule has 2 fully saturated rings. The van der Waals surface area contributed by atoms with Gasteiger partial charge in [0.25, 0.3) is 5.91 Å². The van der Waals surface area contributed by atoms with Crippen molar-refractivity contribution in [3.8, 4) is 6.07 Å². The van der Waals surface area contributed by atoms with Gasteiger partial charge in [0.2, 0.25) is 0 Å². The van der Waals surface area contributed by atoms with Crippen molar-refractivity contribution in [3.63, 3.8) is 0 Å². The number of nitrogens with zero attached hydrogens (tertiary/aromatic N) is 3. The van der Waals surface area contributed by atoms with Gasteiger partial charge in [-0.2, -0.15) is 5.26 Å². The minimum absolute atomic E-state index is 0.158. The van der Waals surface area contributed by atoms with Crippen LogP contribution in [0.5, 0.6) is 0 Å². The van der Waals surface area contributed by atoms with E-state index in [9.17, 15) is 4.79 Å².